The average molecular weight is 181 g/mol. The van der Waals surface area contributed by atoms with Crippen LogP contribution in [0.25, 0.3) is 0 Å². The maximum absolute atomic E-state index is 13.3. The minimum atomic E-state index is -0.199. The molecule has 0 spiro atoms. The van der Waals surface area contributed by atoms with E-state index in [0.717, 1.165) is 5.56 Å². The fraction of sp³-hybridized carbons (Fsp3) is 0.455. The number of hydrogen-bond acceptors (Lipinski definition) is 1. The molecule has 2 heteroatoms. The van der Waals surface area contributed by atoms with E-state index in [1.807, 2.05) is 6.07 Å². The van der Waals surface area contributed by atoms with Crippen molar-refractivity contribution < 1.29 is 4.39 Å². The second-order valence-electron chi connectivity index (χ2n) is 4.26. The Hall–Kier alpha value is -0.890. The van der Waals surface area contributed by atoms with Crippen molar-refractivity contribution in [1.29, 1.82) is 0 Å². The van der Waals surface area contributed by atoms with Crippen molar-refractivity contribution in [1.82, 2.24) is 0 Å². The Morgan fingerprint density at radius 2 is 1.92 bits per heavy atom. The highest BCUT2D eigenvalue weighted by atomic mass is 19.1. The van der Waals surface area contributed by atoms with Gasteiger partial charge in [0.15, 0.2) is 0 Å². The van der Waals surface area contributed by atoms with Crippen LogP contribution in [0.4, 0.5) is 4.39 Å². The van der Waals surface area contributed by atoms with Crippen LogP contribution >= 0.6 is 0 Å². The fourth-order valence-corrected chi connectivity index (χ4v) is 1.18. The topological polar surface area (TPSA) is 26.0 Å². The van der Waals surface area contributed by atoms with Crippen LogP contribution in [0.1, 0.15) is 31.9 Å². The molecule has 0 aliphatic carbocycles. The first kappa shape index (κ1) is 10.2. The summed E-state index contributed by atoms with van der Waals surface area (Å²) in [6, 6.07) is 5.27. The first-order valence-electron chi connectivity index (χ1n) is 4.44. The zero-order valence-corrected chi connectivity index (χ0v) is 8.39. The van der Waals surface area contributed by atoms with Crippen molar-refractivity contribution in [3.8, 4) is 0 Å². The lowest BCUT2D eigenvalue weighted by Crippen LogP contribution is -2.12. The molecule has 72 valence electrons. The Labute approximate surface area is 78.8 Å². The normalized spacial score (nSPS) is 11.8. The predicted molar refractivity (Wildman–Crippen MR) is 53.0 cm³/mol. The van der Waals surface area contributed by atoms with Crippen LogP contribution in [0.15, 0.2) is 18.2 Å². The van der Waals surface area contributed by atoms with Gasteiger partial charge in [0.2, 0.25) is 0 Å². The molecule has 1 aromatic carbocycles. The van der Waals surface area contributed by atoms with Gasteiger partial charge in [-0.05, 0) is 17.0 Å². The quantitative estimate of drug-likeness (QED) is 0.708. The SMILES string of the molecule is CC(C)(C)c1ccc(CN)c(F)c1. The summed E-state index contributed by atoms with van der Waals surface area (Å²) in [6.45, 7) is 6.44. The van der Waals surface area contributed by atoms with E-state index >= 15 is 0 Å². The molecule has 0 heterocycles. The number of halogens is 1. The van der Waals surface area contributed by atoms with Gasteiger partial charge in [-0.25, -0.2) is 4.39 Å². The lowest BCUT2D eigenvalue weighted by Gasteiger charge is -2.19. The third kappa shape index (κ3) is 2.28. The van der Waals surface area contributed by atoms with E-state index in [-0.39, 0.29) is 17.8 Å². The van der Waals surface area contributed by atoms with E-state index in [9.17, 15) is 4.39 Å². The van der Waals surface area contributed by atoms with Crippen molar-refractivity contribution in [3.05, 3.63) is 35.1 Å². The number of hydrogen-bond donors (Lipinski definition) is 1. The summed E-state index contributed by atoms with van der Waals surface area (Å²) >= 11 is 0. The van der Waals surface area contributed by atoms with Crippen LogP contribution in [0, 0.1) is 5.82 Å². The van der Waals surface area contributed by atoms with Crippen molar-refractivity contribution in [2.45, 2.75) is 32.7 Å². The van der Waals surface area contributed by atoms with E-state index in [1.54, 1.807) is 12.1 Å². The Balaban J connectivity index is 3.10. The molecule has 0 atom stereocenters. The average Bonchev–Trinajstić information content (AvgIpc) is 2.02. The van der Waals surface area contributed by atoms with Crippen LogP contribution in [-0.4, -0.2) is 0 Å². The molecule has 13 heavy (non-hydrogen) atoms. The molecule has 0 aliphatic heterocycles. The van der Waals surface area contributed by atoms with E-state index in [0.29, 0.717) is 5.56 Å². The smallest absolute Gasteiger partial charge is 0.127 e. The van der Waals surface area contributed by atoms with Gasteiger partial charge in [-0.1, -0.05) is 32.9 Å². The molecule has 0 bridgehead atoms. The van der Waals surface area contributed by atoms with Crippen LogP contribution in [-0.2, 0) is 12.0 Å². The van der Waals surface area contributed by atoms with Gasteiger partial charge in [-0.3, -0.25) is 0 Å². The second kappa shape index (κ2) is 3.46. The molecule has 0 aliphatic rings. The molecular weight excluding hydrogens is 165 g/mol. The molecule has 0 fully saturated rings. The molecule has 1 aromatic rings. The number of benzene rings is 1. The Kier molecular flexibility index (Phi) is 2.71. The summed E-state index contributed by atoms with van der Waals surface area (Å²) < 4.78 is 13.3. The van der Waals surface area contributed by atoms with Gasteiger partial charge in [-0.2, -0.15) is 0 Å². The summed E-state index contributed by atoms with van der Waals surface area (Å²) in [7, 11) is 0. The van der Waals surface area contributed by atoms with Crippen molar-refractivity contribution in [2.75, 3.05) is 0 Å². The van der Waals surface area contributed by atoms with Gasteiger partial charge in [0.05, 0.1) is 0 Å². The lowest BCUT2D eigenvalue weighted by molar-refractivity contribution is 0.566. The summed E-state index contributed by atoms with van der Waals surface area (Å²) in [5, 5.41) is 0. The van der Waals surface area contributed by atoms with Crippen LogP contribution in [0.3, 0.4) is 0 Å². The minimum absolute atomic E-state index is 0.00598. The summed E-state index contributed by atoms with van der Waals surface area (Å²) in [6.07, 6.45) is 0. The maximum Gasteiger partial charge on any atom is 0.127 e. The summed E-state index contributed by atoms with van der Waals surface area (Å²) in [5.74, 6) is -0.199. The number of rotatable bonds is 1. The summed E-state index contributed by atoms with van der Waals surface area (Å²) in [4.78, 5) is 0. The van der Waals surface area contributed by atoms with Crippen molar-refractivity contribution in [3.63, 3.8) is 0 Å². The zero-order chi connectivity index (χ0) is 10.1. The standard InChI is InChI=1S/C11H16FN/c1-11(2,3)9-5-4-8(7-13)10(12)6-9/h4-6H,7,13H2,1-3H3. The molecule has 0 aromatic heterocycles. The monoisotopic (exact) mass is 181 g/mol. The summed E-state index contributed by atoms with van der Waals surface area (Å²) in [5.41, 5.74) is 6.94. The maximum atomic E-state index is 13.3. The first-order chi connectivity index (χ1) is 5.95. The zero-order valence-electron chi connectivity index (χ0n) is 8.39. The van der Waals surface area contributed by atoms with E-state index in [2.05, 4.69) is 20.8 Å². The largest absolute Gasteiger partial charge is 0.326 e. The fourth-order valence-electron chi connectivity index (χ4n) is 1.18. The molecule has 2 N–H and O–H groups in total. The van der Waals surface area contributed by atoms with Gasteiger partial charge in [0.25, 0.3) is 0 Å². The minimum Gasteiger partial charge on any atom is -0.326 e. The highest BCUT2D eigenvalue weighted by Gasteiger charge is 2.14. The third-order valence-electron chi connectivity index (χ3n) is 2.14. The molecule has 1 nitrogen and oxygen atoms in total. The molecule has 0 radical (unpaired) electrons. The highest BCUT2D eigenvalue weighted by molar-refractivity contribution is 5.28. The van der Waals surface area contributed by atoms with Gasteiger partial charge >= 0.3 is 0 Å². The Morgan fingerprint density at radius 3 is 2.31 bits per heavy atom. The number of nitrogens with two attached hydrogens (primary N) is 1. The lowest BCUT2D eigenvalue weighted by atomic mass is 9.86. The van der Waals surface area contributed by atoms with Crippen LogP contribution in [0.2, 0.25) is 0 Å². The van der Waals surface area contributed by atoms with Gasteiger partial charge in [0, 0.05) is 12.1 Å². The molecule has 0 saturated carbocycles. The molecule has 0 saturated heterocycles. The first-order valence-corrected chi connectivity index (χ1v) is 4.44. The van der Waals surface area contributed by atoms with Crippen molar-refractivity contribution in [2.24, 2.45) is 5.73 Å². The molecule has 1 rings (SSSR count). The predicted octanol–water partition coefficient (Wildman–Crippen LogP) is 2.58. The molecule has 0 unspecified atom stereocenters. The van der Waals surface area contributed by atoms with E-state index in [1.165, 1.54) is 0 Å². The second-order valence-corrected chi connectivity index (χ2v) is 4.26. The van der Waals surface area contributed by atoms with E-state index in [4.69, 9.17) is 5.73 Å². The molecular formula is C11H16FN. The van der Waals surface area contributed by atoms with Gasteiger partial charge < -0.3 is 5.73 Å². The third-order valence-corrected chi connectivity index (χ3v) is 2.14. The van der Waals surface area contributed by atoms with Crippen LogP contribution < -0.4 is 5.73 Å². The van der Waals surface area contributed by atoms with Crippen LogP contribution in [0.5, 0.6) is 0 Å². The van der Waals surface area contributed by atoms with E-state index < -0.39 is 0 Å². The highest BCUT2D eigenvalue weighted by Crippen LogP contribution is 2.23. The Morgan fingerprint density at radius 1 is 1.31 bits per heavy atom. The van der Waals surface area contributed by atoms with Gasteiger partial charge in [-0.15, -0.1) is 0 Å². The van der Waals surface area contributed by atoms with Crippen molar-refractivity contribution >= 4 is 0 Å². The Bertz CT molecular complexity index is 299. The van der Waals surface area contributed by atoms with Gasteiger partial charge in [0.1, 0.15) is 5.82 Å². The molecule has 0 amide bonds.